The van der Waals surface area contributed by atoms with E-state index in [1.165, 1.54) is 12.1 Å². The number of alkyl halides is 1. The maximum Gasteiger partial charge on any atom is 0.238 e. The van der Waals surface area contributed by atoms with Gasteiger partial charge in [-0.05, 0) is 18.6 Å². The van der Waals surface area contributed by atoms with Gasteiger partial charge in [0.05, 0.1) is 20.6 Å². The minimum absolute atomic E-state index is 0.127. The second kappa shape index (κ2) is 6.66. The summed E-state index contributed by atoms with van der Waals surface area (Å²) >= 11 is 12.0. The lowest BCUT2D eigenvalue weighted by molar-refractivity contribution is 0.0658. The number of anilines is 1. The number of benzene rings is 1. The van der Waals surface area contributed by atoms with Gasteiger partial charge in [-0.3, -0.25) is 4.90 Å². The first-order valence-corrected chi connectivity index (χ1v) is 8.70. The molecule has 21 heavy (non-hydrogen) atoms. The van der Waals surface area contributed by atoms with E-state index in [0.717, 1.165) is 13.0 Å². The highest BCUT2D eigenvalue weighted by Crippen LogP contribution is 2.33. The molecule has 1 saturated heterocycles. The van der Waals surface area contributed by atoms with Crippen LogP contribution in [-0.4, -0.2) is 45.7 Å². The van der Waals surface area contributed by atoms with Crippen molar-refractivity contribution in [3.05, 3.63) is 22.2 Å². The molecule has 0 atom stereocenters. The lowest BCUT2D eigenvalue weighted by Crippen LogP contribution is -2.48. The van der Waals surface area contributed by atoms with Crippen LogP contribution < -0.4 is 10.5 Å². The van der Waals surface area contributed by atoms with Gasteiger partial charge in [0, 0.05) is 26.2 Å². The summed E-state index contributed by atoms with van der Waals surface area (Å²) in [5.41, 5.74) is 0.470. The number of hydrogen-bond donors (Lipinski definition) is 2. The van der Waals surface area contributed by atoms with E-state index in [4.69, 9.17) is 28.3 Å². The molecule has 2 rings (SSSR count). The molecule has 1 fully saturated rings. The summed E-state index contributed by atoms with van der Waals surface area (Å²) in [4.78, 5) is 1.89. The largest absolute Gasteiger partial charge is 0.383 e. The molecule has 1 heterocycles. The van der Waals surface area contributed by atoms with E-state index in [9.17, 15) is 12.8 Å². The predicted molar refractivity (Wildman–Crippen MR) is 82.3 cm³/mol. The third-order valence-corrected chi connectivity index (χ3v) is 4.70. The monoisotopic (exact) mass is 355 g/mol. The highest BCUT2D eigenvalue weighted by atomic mass is 35.5. The Hall–Kier alpha value is -0.600. The van der Waals surface area contributed by atoms with Crippen molar-refractivity contribution in [3.8, 4) is 0 Å². The van der Waals surface area contributed by atoms with Crippen LogP contribution in [-0.2, 0) is 10.0 Å². The van der Waals surface area contributed by atoms with Crippen molar-refractivity contribution >= 4 is 38.9 Å². The van der Waals surface area contributed by atoms with Gasteiger partial charge in [-0.1, -0.05) is 23.2 Å². The van der Waals surface area contributed by atoms with Crippen molar-refractivity contribution in [1.82, 2.24) is 4.90 Å². The fourth-order valence-electron chi connectivity index (χ4n) is 2.09. The summed E-state index contributed by atoms with van der Waals surface area (Å²) in [5, 5.41) is 8.47. The summed E-state index contributed by atoms with van der Waals surface area (Å²) in [7, 11) is -3.84. The van der Waals surface area contributed by atoms with Gasteiger partial charge < -0.3 is 5.32 Å². The third-order valence-electron chi connectivity index (χ3n) is 3.21. The maximum atomic E-state index is 12.6. The number of primary sulfonamides is 1. The number of nitrogens with zero attached hydrogens (tertiary/aromatic N) is 1. The molecular weight excluding hydrogens is 340 g/mol. The van der Waals surface area contributed by atoms with E-state index in [0.29, 0.717) is 25.3 Å². The van der Waals surface area contributed by atoms with Crippen LogP contribution in [0.15, 0.2) is 17.0 Å². The molecule has 3 N–H and O–H groups in total. The zero-order valence-corrected chi connectivity index (χ0v) is 13.5. The molecule has 0 bridgehead atoms. The molecule has 5 nitrogen and oxygen atoms in total. The first-order chi connectivity index (χ1) is 9.77. The Morgan fingerprint density at radius 2 is 1.90 bits per heavy atom. The average molecular weight is 356 g/mol. The Kier molecular flexibility index (Phi) is 5.32. The molecule has 1 aromatic carbocycles. The van der Waals surface area contributed by atoms with Gasteiger partial charge in [0.1, 0.15) is 6.17 Å². The summed E-state index contributed by atoms with van der Waals surface area (Å²) in [6, 6.07) is 2.52. The molecule has 1 aliphatic rings. The Labute approximate surface area is 133 Å². The van der Waals surface area contributed by atoms with Crippen LogP contribution in [0.2, 0.25) is 10.0 Å². The molecule has 0 spiro atoms. The van der Waals surface area contributed by atoms with Gasteiger partial charge in [-0.25, -0.2) is 17.9 Å². The van der Waals surface area contributed by atoms with Crippen molar-refractivity contribution < 1.29 is 12.8 Å². The number of halogens is 3. The molecule has 0 saturated carbocycles. The van der Waals surface area contributed by atoms with E-state index < -0.39 is 16.2 Å². The second-order valence-corrected chi connectivity index (χ2v) is 7.32. The number of nitrogens with two attached hydrogens (primary N) is 1. The van der Waals surface area contributed by atoms with E-state index in [-0.39, 0.29) is 14.9 Å². The summed E-state index contributed by atoms with van der Waals surface area (Å²) in [6.45, 7) is 2.37. The van der Waals surface area contributed by atoms with Gasteiger partial charge in [0.25, 0.3) is 0 Å². The van der Waals surface area contributed by atoms with Gasteiger partial charge in [0.15, 0.2) is 0 Å². The van der Waals surface area contributed by atoms with Crippen molar-refractivity contribution in [2.45, 2.75) is 17.5 Å². The maximum absolute atomic E-state index is 12.6. The zero-order chi connectivity index (χ0) is 15.6. The van der Waals surface area contributed by atoms with E-state index in [2.05, 4.69) is 5.32 Å². The first-order valence-electron chi connectivity index (χ1n) is 6.39. The molecule has 118 valence electrons. The number of nitrogens with one attached hydrogen (secondary N) is 1. The van der Waals surface area contributed by atoms with E-state index in [1.54, 1.807) is 0 Å². The minimum Gasteiger partial charge on any atom is -0.383 e. The topological polar surface area (TPSA) is 75.4 Å². The molecule has 1 aromatic rings. The number of hydrogen-bond acceptors (Lipinski definition) is 4. The highest BCUT2D eigenvalue weighted by Gasteiger charge is 2.25. The van der Waals surface area contributed by atoms with Crippen LogP contribution in [0.4, 0.5) is 10.1 Å². The van der Waals surface area contributed by atoms with E-state index >= 15 is 0 Å². The molecule has 0 aliphatic carbocycles. The number of rotatable bonds is 6. The van der Waals surface area contributed by atoms with Crippen LogP contribution in [0.3, 0.4) is 0 Å². The molecule has 1 aliphatic heterocycles. The lowest BCUT2D eigenvalue weighted by atomic mass is 10.2. The molecule has 0 radical (unpaired) electrons. The second-order valence-electron chi connectivity index (χ2n) is 4.94. The van der Waals surface area contributed by atoms with Crippen molar-refractivity contribution in [2.24, 2.45) is 5.14 Å². The SMILES string of the molecule is NS(=O)(=O)c1cc(Cl)c(NCCCN2CC(F)C2)c(Cl)c1. The van der Waals surface area contributed by atoms with Gasteiger partial charge in [-0.2, -0.15) is 0 Å². The van der Waals surface area contributed by atoms with Crippen LogP contribution in [0, 0.1) is 0 Å². The van der Waals surface area contributed by atoms with Crippen LogP contribution in [0.25, 0.3) is 0 Å². The van der Waals surface area contributed by atoms with Crippen molar-refractivity contribution in [2.75, 3.05) is 31.5 Å². The van der Waals surface area contributed by atoms with Crippen LogP contribution in [0.5, 0.6) is 0 Å². The van der Waals surface area contributed by atoms with Crippen molar-refractivity contribution in [3.63, 3.8) is 0 Å². The fraction of sp³-hybridized carbons (Fsp3) is 0.500. The first kappa shape index (κ1) is 16.8. The van der Waals surface area contributed by atoms with Crippen molar-refractivity contribution in [1.29, 1.82) is 0 Å². The summed E-state index contributed by atoms with van der Waals surface area (Å²) < 4.78 is 35.1. The fourth-order valence-corrected chi connectivity index (χ4v) is 3.40. The summed E-state index contributed by atoms with van der Waals surface area (Å²) in [5.74, 6) is 0. The molecule has 0 amide bonds. The Balaban J connectivity index is 1.91. The number of likely N-dealkylation sites (tertiary alicyclic amines) is 1. The van der Waals surface area contributed by atoms with E-state index in [1.807, 2.05) is 4.90 Å². The molecular formula is C12H16Cl2FN3O2S. The molecule has 0 aromatic heterocycles. The predicted octanol–water partition coefficient (Wildman–Crippen LogP) is 2.10. The van der Waals surface area contributed by atoms with Crippen LogP contribution >= 0.6 is 23.2 Å². The summed E-state index contributed by atoms with van der Waals surface area (Å²) in [6.07, 6.45) is 0.101. The Bertz CT molecular complexity index is 598. The lowest BCUT2D eigenvalue weighted by Gasteiger charge is -2.34. The normalized spacial score (nSPS) is 16.8. The van der Waals surface area contributed by atoms with Gasteiger partial charge in [0.2, 0.25) is 10.0 Å². The quantitative estimate of drug-likeness (QED) is 0.766. The smallest absolute Gasteiger partial charge is 0.238 e. The third kappa shape index (κ3) is 4.43. The number of sulfonamides is 1. The zero-order valence-electron chi connectivity index (χ0n) is 11.2. The average Bonchev–Trinajstić information content (AvgIpc) is 2.33. The highest BCUT2D eigenvalue weighted by molar-refractivity contribution is 7.89. The molecule has 9 heteroatoms. The van der Waals surface area contributed by atoms with Gasteiger partial charge in [-0.15, -0.1) is 0 Å². The Morgan fingerprint density at radius 1 is 1.33 bits per heavy atom. The van der Waals surface area contributed by atoms with Crippen LogP contribution in [0.1, 0.15) is 6.42 Å². The molecule has 0 unspecified atom stereocenters. The standard InChI is InChI=1S/C12H16Cl2FN3O2S/c13-10-4-9(21(16,19)20)5-11(14)12(10)17-2-1-3-18-6-8(15)7-18/h4-5,8,17H,1-3,6-7H2,(H2,16,19,20). The minimum atomic E-state index is -3.84. The Morgan fingerprint density at radius 3 is 2.38 bits per heavy atom. The van der Waals surface area contributed by atoms with Gasteiger partial charge >= 0.3 is 0 Å².